The van der Waals surface area contributed by atoms with E-state index in [2.05, 4.69) is 36.4 Å². The van der Waals surface area contributed by atoms with Crippen LogP contribution in [0.2, 0.25) is 10.0 Å². The molecule has 0 aliphatic carbocycles. The van der Waals surface area contributed by atoms with E-state index >= 15 is 0 Å². The average molecular weight is 472 g/mol. The molecule has 0 radical (unpaired) electrons. The highest BCUT2D eigenvalue weighted by Gasteiger charge is 2.12. The van der Waals surface area contributed by atoms with Gasteiger partial charge >= 0.3 is 0 Å². The number of para-hydroxylation sites is 1. The molecule has 4 nitrogen and oxygen atoms in total. The zero-order valence-electron chi connectivity index (χ0n) is 14.4. The van der Waals surface area contributed by atoms with Crippen molar-refractivity contribution in [1.29, 1.82) is 0 Å². The summed E-state index contributed by atoms with van der Waals surface area (Å²) in [5, 5.41) is 6.25. The summed E-state index contributed by atoms with van der Waals surface area (Å²) in [5.74, 6) is 1.10. The molecule has 0 atom stereocenters. The van der Waals surface area contributed by atoms with Gasteiger partial charge in [-0.25, -0.2) is 9.97 Å². The summed E-state index contributed by atoms with van der Waals surface area (Å²) in [6.07, 6.45) is 1.73. The van der Waals surface area contributed by atoms with Crippen molar-refractivity contribution >= 4 is 62.1 Å². The Kier molecular flexibility index (Phi) is 5.57. The van der Waals surface area contributed by atoms with Crippen LogP contribution in [0.1, 0.15) is 5.56 Å². The van der Waals surface area contributed by atoms with Crippen molar-refractivity contribution in [3.8, 4) is 11.4 Å². The summed E-state index contributed by atoms with van der Waals surface area (Å²) in [4.78, 5) is 9.27. The highest BCUT2D eigenvalue weighted by atomic mass is 79.9. The fourth-order valence-electron chi connectivity index (χ4n) is 2.67. The third kappa shape index (κ3) is 4.17. The normalized spacial score (nSPS) is 11.2. The molecule has 138 valence electrons. The Balaban J connectivity index is 1.73. The molecule has 0 amide bonds. The lowest BCUT2D eigenvalue weighted by Crippen LogP contribution is -1.99. The predicted molar refractivity (Wildman–Crippen MR) is 120 cm³/mol. The lowest BCUT2D eigenvalue weighted by molar-refractivity contribution is 1.19. The Bertz CT molecular complexity index is 1180. The fraction of sp³-hybridized carbons (Fsp3) is 0. The molecule has 0 saturated heterocycles. The minimum absolute atomic E-state index is 0.493. The van der Waals surface area contributed by atoms with E-state index in [1.54, 1.807) is 18.3 Å². The summed E-state index contributed by atoms with van der Waals surface area (Å²) in [7, 11) is 0. The highest BCUT2D eigenvalue weighted by molar-refractivity contribution is 9.10. The maximum Gasteiger partial charge on any atom is 0.163 e. The Hall–Kier alpha value is -2.47. The molecule has 3 aromatic carbocycles. The Labute approximate surface area is 180 Å². The number of nitrogens with zero attached hydrogens (tertiary/aromatic N) is 3. The van der Waals surface area contributed by atoms with E-state index in [0.717, 1.165) is 20.9 Å². The molecule has 28 heavy (non-hydrogen) atoms. The first-order valence-corrected chi connectivity index (χ1v) is 9.92. The number of rotatable bonds is 4. The minimum atomic E-state index is 0.493. The number of anilines is 1. The first-order valence-electron chi connectivity index (χ1n) is 8.37. The number of hydrazone groups is 1. The van der Waals surface area contributed by atoms with Crippen molar-refractivity contribution in [3.05, 3.63) is 86.8 Å². The fourth-order valence-corrected chi connectivity index (χ4v) is 3.43. The van der Waals surface area contributed by atoms with E-state index in [-0.39, 0.29) is 0 Å². The van der Waals surface area contributed by atoms with E-state index in [0.29, 0.717) is 27.3 Å². The predicted octanol–water partition coefficient (Wildman–Crippen LogP) is 6.81. The number of aromatic nitrogens is 2. The van der Waals surface area contributed by atoms with Crippen LogP contribution in [-0.4, -0.2) is 16.2 Å². The molecule has 1 heterocycles. The standard InChI is InChI=1S/C21H13BrCl2N4/c22-14-7-5-13(6-8-14)12-25-28-21-17-3-1-2-4-19(17)26-20(27-21)16-10-9-15(23)11-18(16)24/h1-12H,(H,26,27,28)/b25-12-. The first-order chi connectivity index (χ1) is 13.6. The van der Waals surface area contributed by atoms with Gasteiger partial charge in [0.1, 0.15) is 0 Å². The number of nitrogens with one attached hydrogen (secondary N) is 1. The molecule has 4 rings (SSSR count). The van der Waals surface area contributed by atoms with Gasteiger partial charge < -0.3 is 0 Å². The van der Waals surface area contributed by atoms with Crippen molar-refractivity contribution in [2.24, 2.45) is 5.10 Å². The Morgan fingerprint density at radius 3 is 2.50 bits per heavy atom. The van der Waals surface area contributed by atoms with Crippen molar-refractivity contribution in [3.63, 3.8) is 0 Å². The molecule has 7 heteroatoms. The topological polar surface area (TPSA) is 50.2 Å². The van der Waals surface area contributed by atoms with Crippen LogP contribution in [0.15, 0.2) is 76.3 Å². The summed E-state index contributed by atoms with van der Waals surface area (Å²) in [6.45, 7) is 0. The quantitative estimate of drug-likeness (QED) is 0.262. The van der Waals surface area contributed by atoms with E-state index in [1.807, 2.05) is 54.6 Å². The first kappa shape index (κ1) is 18.9. The lowest BCUT2D eigenvalue weighted by atomic mass is 10.2. The van der Waals surface area contributed by atoms with Crippen LogP contribution in [0.3, 0.4) is 0 Å². The largest absolute Gasteiger partial charge is 0.261 e. The zero-order chi connectivity index (χ0) is 19.5. The number of hydrogen-bond acceptors (Lipinski definition) is 4. The van der Waals surface area contributed by atoms with Gasteiger partial charge in [0.05, 0.1) is 16.8 Å². The van der Waals surface area contributed by atoms with Crippen molar-refractivity contribution in [2.45, 2.75) is 0 Å². The Morgan fingerprint density at radius 1 is 0.929 bits per heavy atom. The van der Waals surface area contributed by atoms with Gasteiger partial charge in [-0.05, 0) is 48.0 Å². The van der Waals surface area contributed by atoms with Gasteiger partial charge in [-0.1, -0.05) is 63.4 Å². The molecule has 0 aliphatic rings. The molecule has 4 aromatic rings. The summed E-state index contributed by atoms with van der Waals surface area (Å²) in [6, 6.07) is 20.8. The molecule has 0 aliphatic heterocycles. The highest BCUT2D eigenvalue weighted by Crippen LogP contribution is 2.31. The SMILES string of the molecule is Clc1ccc(-c2nc(N/N=C\c3ccc(Br)cc3)c3ccccc3n2)c(Cl)c1. The number of fused-ring (bicyclic) bond motifs is 1. The van der Waals surface area contributed by atoms with Gasteiger partial charge in [-0.2, -0.15) is 5.10 Å². The van der Waals surface area contributed by atoms with E-state index < -0.39 is 0 Å². The van der Waals surface area contributed by atoms with E-state index in [1.165, 1.54) is 0 Å². The molecule has 0 fully saturated rings. The number of benzene rings is 3. The molecule has 0 unspecified atom stereocenters. The molecular formula is C21H13BrCl2N4. The smallest absolute Gasteiger partial charge is 0.163 e. The monoisotopic (exact) mass is 470 g/mol. The third-order valence-corrected chi connectivity index (χ3v) is 5.11. The van der Waals surface area contributed by atoms with Crippen LogP contribution < -0.4 is 5.43 Å². The van der Waals surface area contributed by atoms with Gasteiger partial charge in [-0.3, -0.25) is 5.43 Å². The maximum atomic E-state index is 6.35. The van der Waals surface area contributed by atoms with Crippen LogP contribution in [-0.2, 0) is 0 Å². The summed E-state index contributed by atoms with van der Waals surface area (Å²) >= 11 is 15.8. The number of hydrogen-bond donors (Lipinski definition) is 1. The van der Waals surface area contributed by atoms with E-state index in [9.17, 15) is 0 Å². The van der Waals surface area contributed by atoms with Crippen molar-refractivity contribution in [2.75, 3.05) is 5.43 Å². The molecule has 0 spiro atoms. The van der Waals surface area contributed by atoms with Crippen LogP contribution in [0.5, 0.6) is 0 Å². The average Bonchev–Trinajstić information content (AvgIpc) is 2.69. The van der Waals surface area contributed by atoms with Crippen LogP contribution in [0.4, 0.5) is 5.82 Å². The van der Waals surface area contributed by atoms with Crippen LogP contribution in [0, 0.1) is 0 Å². The maximum absolute atomic E-state index is 6.35. The van der Waals surface area contributed by atoms with Gasteiger partial charge in [0.2, 0.25) is 0 Å². The van der Waals surface area contributed by atoms with Gasteiger partial charge in [0.15, 0.2) is 11.6 Å². The third-order valence-electron chi connectivity index (χ3n) is 4.03. The summed E-state index contributed by atoms with van der Waals surface area (Å²) < 4.78 is 1.02. The molecule has 1 aromatic heterocycles. The molecule has 1 N–H and O–H groups in total. The second kappa shape index (κ2) is 8.27. The van der Waals surface area contributed by atoms with Crippen LogP contribution >= 0.6 is 39.1 Å². The van der Waals surface area contributed by atoms with E-state index in [4.69, 9.17) is 23.2 Å². The van der Waals surface area contributed by atoms with Crippen molar-refractivity contribution in [1.82, 2.24) is 9.97 Å². The van der Waals surface area contributed by atoms with Gasteiger partial charge in [-0.15, -0.1) is 0 Å². The lowest BCUT2D eigenvalue weighted by Gasteiger charge is -2.09. The minimum Gasteiger partial charge on any atom is -0.261 e. The van der Waals surface area contributed by atoms with Crippen molar-refractivity contribution < 1.29 is 0 Å². The summed E-state index contributed by atoms with van der Waals surface area (Å²) in [5.41, 5.74) is 5.49. The molecule has 0 bridgehead atoms. The van der Waals surface area contributed by atoms with Gasteiger partial charge in [0.25, 0.3) is 0 Å². The second-order valence-electron chi connectivity index (χ2n) is 5.96. The zero-order valence-corrected chi connectivity index (χ0v) is 17.5. The number of halogens is 3. The van der Waals surface area contributed by atoms with Crippen LogP contribution in [0.25, 0.3) is 22.3 Å². The van der Waals surface area contributed by atoms with Gasteiger partial charge in [0, 0.05) is 20.4 Å². The Morgan fingerprint density at radius 2 is 1.71 bits per heavy atom. The second-order valence-corrected chi connectivity index (χ2v) is 7.72. The molecular weight excluding hydrogens is 459 g/mol. The molecule has 0 saturated carbocycles.